The summed E-state index contributed by atoms with van der Waals surface area (Å²) in [6, 6.07) is 7.92. The number of imide groups is 1. The van der Waals surface area contributed by atoms with Crippen LogP contribution in [0, 0.1) is 5.82 Å². The molecule has 0 spiro atoms. The number of amides is 6. The first-order valence-electron chi connectivity index (χ1n) is 13.9. The van der Waals surface area contributed by atoms with E-state index in [4.69, 9.17) is 14.2 Å². The zero-order valence-electron chi connectivity index (χ0n) is 23.5. The molecule has 228 valence electrons. The van der Waals surface area contributed by atoms with Gasteiger partial charge in [0.15, 0.2) is 18.1 Å². The number of halogens is 1. The number of rotatable bonds is 3. The molecule has 2 aromatic carbocycles. The van der Waals surface area contributed by atoms with Gasteiger partial charge in [0.05, 0.1) is 19.7 Å². The van der Waals surface area contributed by atoms with E-state index in [-0.39, 0.29) is 57.3 Å². The maximum Gasteiger partial charge on any atom is 0.325 e. The molecule has 0 unspecified atom stereocenters. The van der Waals surface area contributed by atoms with E-state index < -0.39 is 48.3 Å². The summed E-state index contributed by atoms with van der Waals surface area (Å²) in [6.07, 6.45) is 0.177. The molecule has 0 aromatic heterocycles. The number of hydrogen-bond donors (Lipinski definition) is 3. The van der Waals surface area contributed by atoms with E-state index in [0.29, 0.717) is 23.5 Å². The van der Waals surface area contributed by atoms with Crippen LogP contribution in [0.2, 0.25) is 0 Å². The Hall–Kier alpha value is -4.88. The number of benzene rings is 2. The van der Waals surface area contributed by atoms with Crippen LogP contribution in [0.1, 0.15) is 24.0 Å². The predicted molar refractivity (Wildman–Crippen MR) is 148 cm³/mol. The number of nitrogens with zero attached hydrogens (tertiary/aromatic N) is 2. The lowest BCUT2D eigenvalue weighted by Crippen LogP contribution is -2.59. The van der Waals surface area contributed by atoms with E-state index in [1.807, 2.05) is 0 Å². The molecule has 4 bridgehead atoms. The summed E-state index contributed by atoms with van der Waals surface area (Å²) in [5, 5.41) is 8.03. The third kappa shape index (κ3) is 7.31. The second-order valence-corrected chi connectivity index (χ2v) is 10.4. The van der Waals surface area contributed by atoms with Gasteiger partial charge in [-0.25, -0.2) is 9.18 Å². The van der Waals surface area contributed by atoms with Gasteiger partial charge in [-0.05, 0) is 41.8 Å². The fourth-order valence-corrected chi connectivity index (χ4v) is 5.18. The molecule has 3 heterocycles. The van der Waals surface area contributed by atoms with E-state index in [2.05, 4.69) is 16.0 Å². The molecule has 0 radical (unpaired) electrons. The highest BCUT2D eigenvalue weighted by atomic mass is 19.1. The van der Waals surface area contributed by atoms with Gasteiger partial charge in [-0.2, -0.15) is 0 Å². The maximum absolute atomic E-state index is 14.5. The quantitative estimate of drug-likeness (QED) is 0.432. The number of carbonyl (C=O) groups is 5. The number of carbonyl (C=O) groups excluding carboxylic acids is 5. The molecule has 3 aliphatic rings. The summed E-state index contributed by atoms with van der Waals surface area (Å²) in [7, 11) is 1.47. The number of ether oxygens (including phenoxy) is 3. The van der Waals surface area contributed by atoms with Gasteiger partial charge in [0.25, 0.3) is 11.8 Å². The fraction of sp³-hybridized carbons (Fsp3) is 0.414. The van der Waals surface area contributed by atoms with E-state index in [1.165, 1.54) is 24.1 Å². The first-order chi connectivity index (χ1) is 20.7. The lowest BCUT2D eigenvalue weighted by atomic mass is 10.0. The van der Waals surface area contributed by atoms with Crippen LogP contribution in [-0.2, 0) is 32.1 Å². The molecule has 5 rings (SSSR count). The molecule has 2 saturated heterocycles. The van der Waals surface area contributed by atoms with E-state index in [1.54, 1.807) is 24.3 Å². The van der Waals surface area contributed by atoms with Crippen molar-refractivity contribution >= 4 is 29.7 Å². The lowest BCUT2D eigenvalue weighted by molar-refractivity contribution is -0.139. The van der Waals surface area contributed by atoms with Crippen molar-refractivity contribution in [3.63, 3.8) is 0 Å². The second kappa shape index (κ2) is 13.0. The molecule has 3 aliphatic heterocycles. The fourth-order valence-electron chi connectivity index (χ4n) is 5.18. The highest BCUT2D eigenvalue weighted by Crippen LogP contribution is 2.29. The minimum Gasteiger partial charge on any atom is -0.493 e. The zero-order chi connectivity index (χ0) is 30.5. The normalized spacial score (nSPS) is 21.3. The Labute approximate surface area is 246 Å². The van der Waals surface area contributed by atoms with Gasteiger partial charge in [-0.1, -0.05) is 6.07 Å². The Morgan fingerprint density at radius 2 is 1.86 bits per heavy atom. The van der Waals surface area contributed by atoms with Crippen LogP contribution < -0.4 is 30.2 Å². The standard InChI is InChI=1S/C29H32FN5O8/c1-41-23-4-2-17-3-5-25(36)31-12-18-8-19(30)11-20(9-18)43-22-6-7-34(28(39)15-35-27(38)13-32-29(35)40)14-21(22)33-26(37)16-42-24(23)10-17/h2,4,8-11,21-22H,3,5-7,12-16H2,1H3,(H,31,36)(H,32,40)(H,33,37)/t21-,22-/m1/s1. The van der Waals surface area contributed by atoms with Crippen molar-refractivity contribution in [3.8, 4) is 17.2 Å². The Bertz CT molecular complexity index is 1420. The number of hydrogen-bond acceptors (Lipinski definition) is 8. The summed E-state index contributed by atoms with van der Waals surface area (Å²) >= 11 is 0. The molecule has 2 atom stereocenters. The molecule has 6 amide bonds. The molecule has 2 aromatic rings. The minimum atomic E-state index is -0.740. The van der Waals surface area contributed by atoms with Crippen molar-refractivity contribution in [2.75, 3.05) is 39.9 Å². The zero-order valence-corrected chi connectivity index (χ0v) is 23.5. The molecule has 0 aliphatic carbocycles. The van der Waals surface area contributed by atoms with Crippen molar-refractivity contribution in [2.24, 2.45) is 0 Å². The van der Waals surface area contributed by atoms with Crippen LogP contribution >= 0.6 is 0 Å². The predicted octanol–water partition coefficient (Wildman–Crippen LogP) is 0.492. The van der Waals surface area contributed by atoms with Crippen LogP contribution in [0.3, 0.4) is 0 Å². The monoisotopic (exact) mass is 597 g/mol. The third-order valence-electron chi connectivity index (χ3n) is 7.41. The molecule has 3 N–H and O–H groups in total. The largest absolute Gasteiger partial charge is 0.493 e. The summed E-state index contributed by atoms with van der Waals surface area (Å²) in [5.41, 5.74) is 1.28. The number of likely N-dealkylation sites (tertiary alicyclic amines) is 1. The highest BCUT2D eigenvalue weighted by Gasteiger charge is 2.37. The number of aryl methyl sites for hydroxylation is 1. The number of nitrogens with one attached hydrogen (secondary N) is 3. The third-order valence-corrected chi connectivity index (χ3v) is 7.41. The maximum atomic E-state index is 14.5. The average molecular weight is 598 g/mol. The van der Waals surface area contributed by atoms with Gasteiger partial charge in [0, 0.05) is 38.5 Å². The van der Waals surface area contributed by atoms with Crippen molar-refractivity contribution in [2.45, 2.75) is 38.0 Å². The van der Waals surface area contributed by atoms with Gasteiger partial charge in [0.2, 0.25) is 11.8 Å². The van der Waals surface area contributed by atoms with Gasteiger partial charge < -0.3 is 35.1 Å². The minimum absolute atomic E-state index is 0.00985. The number of fused-ring (bicyclic) bond motifs is 5. The molecule has 0 saturated carbocycles. The number of piperidine rings is 1. The van der Waals surface area contributed by atoms with Gasteiger partial charge in [-0.3, -0.25) is 24.1 Å². The Kier molecular flexibility index (Phi) is 8.93. The van der Waals surface area contributed by atoms with Crippen molar-refractivity contribution in [3.05, 3.63) is 53.3 Å². The first kappa shape index (κ1) is 29.6. The van der Waals surface area contributed by atoms with Crippen LogP contribution in [0.25, 0.3) is 0 Å². The van der Waals surface area contributed by atoms with Crippen LogP contribution in [-0.4, -0.2) is 91.5 Å². The summed E-state index contributed by atoms with van der Waals surface area (Å²) < 4.78 is 31.8. The van der Waals surface area contributed by atoms with Crippen molar-refractivity contribution in [1.82, 2.24) is 25.8 Å². The summed E-state index contributed by atoms with van der Waals surface area (Å²) in [6.45, 7) is -0.694. The van der Waals surface area contributed by atoms with Crippen molar-refractivity contribution in [1.29, 1.82) is 0 Å². The molecule has 43 heavy (non-hydrogen) atoms. The Balaban J connectivity index is 1.38. The molecule has 13 nitrogen and oxygen atoms in total. The first-order valence-corrected chi connectivity index (χ1v) is 13.9. The van der Waals surface area contributed by atoms with Gasteiger partial charge >= 0.3 is 6.03 Å². The Morgan fingerprint density at radius 3 is 2.63 bits per heavy atom. The SMILES string of the molecule is COc1ccc2cc1OCC(=O)N[C@@H]1CN(C(=O)CN3C(=O)CNC3=O)CC[C@H]1Oc1cc(F)cc(c1)CNC(=O)CC2. The molecule has 14 heteroatoms. The van der Waals surface area contributed by atoms with E-state index in [0.717, 1.165) is 10.5 Å². The van der Waals surface area contributed by atoms with Gasteiger partial charge in [-0.15, -0.1) is 0 Å². The lowest BCUT2D eigenvalue weighted by Gasteiger charge is -2.39. The molecule has 2 fully saturated rings. The van der Waals surface area contributed by atoms with E-state index in [9.17, 15) is 28.4 Å². The summed E-state index contributed by atoms with van der Waals surface area (Å²) in [4.78, 5) is 64.9. The van der Waals surface area contributed by atoms with Crippen LogP contribution in [0.5, 0.6) is 17.2 Å². The smallest absolute Gasteiger partial charge is 0.325 e. The second-order valence-electron chi connectivity index (χ2n) is 10.4. The van der Waals surface area contributed by atoms with Crippen molar-refractivity contribution < 1.29 is 42.6 Å². The van der Waals surface area contributed by atoms with Gasteiger partial charge in [0.1, 0.15) is 24.2 Å². The number of methoxy groups -OCH3 is 1. The highest BCUT2D eigenvalue weighted by molar-refractivity contribution is 6.04. The number of urea groups is 1. The average Bonchev–Trinajstić information content (AvgIpc) is 3.30. The van der Waals surface area contributed by atoms with Crippen LogP contribution in [0.15, 0.2) is 36.4 Å². The van der Waals surface area contributed by atoms with Crippen LogP contribution in [0.4, 0.5) is 9.18 Å². The van der Waals surface area contributed by atoms with E-state index >= 15 is 0 Å². The topological polar surface area (TPSA) is 156 Å². The Morgan fingerprint density at radius 1 is 1.02 bits per heavy atom. The molecular formula is C29H32FN5O8. The summed E-state index contributed by atoms with van der Waals surface area (Å²) in [5.74, 6) is -1.33. The molecular weight excluding hydrogens is 565 g/mol.